The molecule has 1 aliphatic carbocycles. The molecule has 0 fully saturated rings. The highest BCUT2D eigenvalue weighted by Gasteiger charge is 2.38. The van der Waals surface area contributed by atoms with Crippen molar-refractivity contribution in [2.75, 3.05) is 11.1 Å². The summed E-state index contributed by atoms with van der Waals surface area (Å²) < 4.78 is 13.1. The van der Waals surface area contributed by atoms with Crippen LogP contribution in [-0.2, 0) is 9.59 Å². The highest BCUT2D eigenvalue weighted by molar-refractivity contribution is 8.03. The Morgan fingerprint density at radius 2 is 1.97 bits per heavy atom. The summed E-state index contributed by atoms with van der Waals surface area (Å²) in [5.41, 5.74) is 2.64. The van der Waals surface area contributed by atoms with Gasteiger partial charge in [0.15, 0.2) is 5.78 Å². The summed E-state index contributed by atoms with van der Waals surface area (Å²) in [5.74, 6) is -1.38. The molecule has 2 aliphatic rings. The SMILES string of the molecule is N#CC1=C(SCC(=O)Nc2ccc(F)cc2)NC2=C(C(=O)CCC2)[C@H]1c1cccc(Cl)c1Cl. The molecule has 168 valence electrons. The zero-order valence-electron chi connectivity index (χ0n) is 17.3. The van der Waals surface area contributed by atoms with Crippen LogP contribution in [0.1, 0.15) is 30.7 Å². The summed E-state index contributed by atoms with van der Waals surface area (Å²) in [5, 5.41) is 17.1. The number of benzene rings is 2. The molecule has 5 nitrogen and oxygen atoms in total. The van der Waals surface area contributed by atoms with Crippen LogP contribution < -0.4 is 10.6 Å². The molecule has 0 radical (unpaired) electrons. The fourth-order valence-electron chi connectivity index (χ4n) is 3.96. The second kappa shape index (κ2) is 10.0. The minimum atomic E-state index is -0.659. The van der Waals surface area contributed by atoms with Gasteiger partial charge in [0.25, 0.3) is 0 Å². The van der Waals surface area contributed by atoms with Crippen LogP contribution in [0.2, 0.25) is 10.0 Å². The van der Waals surface area contributed by atoms with E-state index >= 15 is 0 Å². The van der Waals surface area contributed by atoms with Crippen molar-refractivity contribution in [2.24, 2.45) is 0 Å². The molecule has 1 aliphatic heterocycles. The van der Waals surface area contributed by atoms with E-state index in [4.69, 9.17) is 23.2 Å². The van der Waals surface area contributed by atoms with Crippen LogP contribution in [0.4, 0.5) is 10.1 Å². The van der Waals surface area contributed by atoms with Crippen molar-refractivity contribution in [3.63, 3.8) is 0 Å². The molecule has 1 amide bonds. The Hall–Kier alpha value is -2.79. The average molecular weight is 502 g/mol. The molecule has 1 atom stereocenters. The van der Waals surface area contributed by atoms with Crippen LogP contribution in [0.25, 0.3) is 0 Å². The molecule has 0 aromatic heterocycles. The van der Waals surface area contributed by atoms with Gasteiger partial charge in [-0.05, 0) is 48.7 Å². The van der Waals surface area contributed by atoms with E-state index in [2.05, 4.69) is 16.7 Å². The van der Waals surface area contributed by atoms with Gasteiger partial charge in [-0.2, -0.15) is 5.26 Å². The van der Waals surface area contributed by atoms with Crippen LogP contribution in [0.5, 0.6) is 0 Å². The van der Waals surface area contributed by atoms with Crippen molar-refractivity contribution >= 4 is 52.3 Å². The number of amides is 1. The number of thioether (sulfide) groups is 1. The number of hydrogen-bond donors (Lipinski definition) is 2. The van der Waals surface area contributed by atoms with Crippen LogP contribution in [0.15, 0.2) is 64.3 Å². The number of nitrogens with one attached hydrogen (secondary N) is 2. The van der Waals surface area contributed by atoms with Gasteiger partial charge in [-0.25, -0.2) is 4.39 Å². The van der Waals surface area contributed by atoms with Crippen LogP contribution in [0.3, 0.4) is 0 Å². The Labute approximate surface area is 204 Å². The second-order valence-electron chi connectivity index (χ2n) is 7.57. The molecule has 2 aromatic carbocycles. The summed E-state index contributed by atoms with van der Waals surface area (Å²) in [4.78, 5) is 25.3. The standard InChI is InChI=1S/C24H18Cl2FN3O2S/c25-17-4-1-3-15(23(17)26)21-16(11-28)24(30-18-5-2-6-19(31)22(18)21)33-12-20(32)29-14-9-7-13(27)8-10-14/h1,3-4,7-10,21,30H,2,5-6,12H2,(H,29,32)/t21-/m0/s1. The summed E-state index contributed by atoms with van der Waals surface area (Å²) in [6.45, 7) is 0. The van der Waals surface area contributed by atoms with E-state index in [1.807, 2.05) is 0 Å². The number of nitriles is 1. The maximum Gasteiger partial charge on any atom is 0.234 e. The lowest BCUT2D eigenvalue weighted by atomic mass is 9.77. The number of carbonyl (C=O) groups excluding carboxylic acids is 2. The lowest BCUT2D eigenvalue weighted by molar-refractivity contribution is -0.116. The van der Waals surface area contributed by atoms with E-state index in [0.717, 1.165) is 17.5 Å². The molecule has 33 heavy (non-hydrogen) atoms. The number of hydrogen-bond acceptors (Lipinski definition) is 5. The number of anilines is 1. The van der Waals surface area contributed by atoms with Crippen LogP contribution >= 0.6 is 35.0 Å². The molecular formula is C24H18Cl2FN3O2S. The summed E-state index contributed by atoms with van der Waals surface area (Å²) >= 11 is 13.9. The Kier molecular flexibility index (Phi) is 7.08. The number of dihydropyridines is 1. The normalized spacial score (nSPS) is 17.9. The average Bonchev–Trinajstić information content (AvgIpc) is 2.80. The highest BCUT2D eigenvalue weighted by Crippen LogP contribution is 2.46. The number of Topliss-reactive ketones (excluding diaryl/α,β-unsaturated/α-hetero) is 1. The first-order chi connectivity index (χ1) is 15.9. The number of carbonyl (C=O) groups is 2. The predicted molar refractivity (Wildman–Crippen MR) is 128 cm³/mol. The van der Waals surface area contributed by atoms with Gasteiger partial charge in [0.1, 0.15) is 5.82 Å². The topological polar surface area (TPSA) is 82.0 Å². The number of halogens is 3. The molecule has 0 spiro atoms. The molecule has 1 heterocycles. The smallest absolute Gasteiger partial charge is 0.234 e. The van der Waals surface area contributed by atoms with Gasteiger partial charge >= 0.3 is 0 Å². The summed E-state index contributed by atoms with van der Waals surface area (Å²) in [7, 11) is 0. The third-order valence-corrected chi connectivity index (χ3v) is 7.28. The Balaban J connectivity index is 1.65. The Bertz CT molecular complexity index is 1240. The molecule has 2 aromatic rings. The zero-order valence-corrected chi connectivity index (χ0v) is 19.6. The fourth-order valence-corrected chi connectivity index (χ4v) is 5.24. The largest absolute Gasteiger partial charge is 0.352 e. The quantitative estimate of drug-likeness (QED) is 0.530. The van der Waals surface area contributed by atoms with Crippen molar-refractivity contribution in [1.29, 1.82) is 5.26 Å². The number of rotatable bonds is 5. The number of allylic oxidation sites excluding steroid dienone is 3. The van der Waals surface area contributed by atoms with E-state index in [1.54, 1.807) is 18.2 Å². The van der Waals surface area contributed by atoms with Gasteiger partial charge in [-0.3, -0.25) is 9.59 Å². The van der Waals surface area contributed by atoms with Gasteiger partial charge in [-0.1, -0.05) is 47.1 Å². The maximum absolute atomic E-state index is 13.1. The molecule has 0 saturated heterocycles. The van der Waals surface area contributed by atoms with Crippen molar-refractivity contribution in [2.45, 2.75) is 25.2 Å². The van der Waals surface area contributed by atoms with Gasteiger partial charge in [0.2, 0.25) is 5.91 Å². The zero-order chi connectivity index (χ0) is 23.5. The van der Waals surface area contributed by atoms with Gasteiger partial charge < -0.3 is 10.6 Å². The molecule has 0 bridgehead atoms. The Morgan fingerprint density at radius 3 is 2.70 bits per heavy atom. The van der Waals surface area contributed by atoms with Gasteiger partial charge in [0.05, 0.1) is 38.4 Å². The first-order valence-corrected chi connectivity index (χ1v) is 11.9. The fraction of sp³-hybridized carbons (Fsp3) is 0.208. The molecule has 0 unspecified atom stereocenters. The first-order valence-electron chi connectivity index (χ1n) is 10.2. The molecule has 9 heteroatoms. The van der Waals surface area contributed by atoms with Crippen molar-refractivity contribution < 1.29 is 14.0 Å². The van der Waals surface area contributed by atoms with Crippen LogP contribution in [-0.4, -0.2) is 17.4 Å². The monoisotopic (exact) mass is 501 g/mol. The van der Waals surface area contributed by atoms with Crippen molar-refractivity contribution in [3.05, 3.63) is 85.8 Å². The Morgan fingerprint density at radius 1 is 1.21 bits per heavy atom. The predicted octanol–water partition coefficient (Wildman–Crippen LogP) is 5.93. The molecule has 4 rings (SSSR count). The lowest BCUT2D eigenvalue weighted by Crippen LogP contribution is -2.32. The van der Waals surface area contributed by atoms with Gasteiger partial charge in [-0.15, -0.1) is 0 Å². The van der Waals surface area contributed by atoms with E-state index in [-0.39, 0.29) is 17.4 Å². The molecule has 0 saturated carbocycles. The van der Waals surface area contributed by atoms with Crippen LogP contribution in [0, 0.1) is 17.1 Å². The van der Waals surface area contributed by atoms with E-state index in [1.165, 1.54) is 24.3 Å². The number of nitrogens with zero attached hydrogens (tertiary/aromatic N) is 1. The number of ketones is 1. The lowest BCUT2D eigenvalue weighted by Gasteiger charge is -2.33. The third-order valence-electron chi connectivity index (χ3n) is 5.43. The summed E-state index contributed by atoms with van der Waals surface area (Å²) in [6, 6.07) is 12.8. The molecule has 2 N–H and O–H groups in total. The molecular weight excluding hydrogens is 484 g/mol. The summed E-state index contributed by atoms with van der Waals surface area (Å²) in [6.07, 6.45) is 1.75. The van der Waals surface area contributed by atoms with E-state index in [0.29, 0.717) is 56.7 Å². The van der Waals surface area contributed by atoms with Crippen molar-refractivity contribution in [1.82, 2.24) is 5.32 Å². The van der Waals surface area contributed by atoms with E-state index in [9.17, 15) is 19.2 Å². The second-order valence-corrected chi connectivity index (χ2v) is 9.34. The van der Waals surface area contributed by atoms with Crippen molar-refractivity contribution in [3.8, 4) is 6.07 Å². The van der Waals surface area contributed by atoms with E-state index < -0.39 is 11.7 Å². The maximum atomic E-state index is 13.1. The minimum Gasteiger partial charge on any atom is -0.352 e. The van der Waals surface area contributed by atoms with Gasteiger partial charge in [0, 0.05) is 23.4 Å². The minimum absolute atomic E-state index is 0.0114. The highest BCUT2D eigenvalue weighted by atomic mass is 35.5. The first kappa shape index (κ1) is 23.4. The third kappa shape index (κ3) is 4.93.